The normalized spacial score (nSPS) is 10.4. The molecule has 0 aliphatic carbocycles. The first kappa shape index (κ1) is 12.6. The fourth-order valence-electron chi connectivity index (χ4n) is 1.93. The molecule has 2 rings (SSSR count). The van der Waals surface area contributed by atoms with E-state index in [0.29, 0.717) is 6.54 Å². The van der Waals surface area contributed by atoms with Gasteiger partial charge in [0.25, 0.3) is 0 Å². The van der Waals surface area contributed by atoms with Crippen LogP contribution in [0.2, 0.25) is 0 Å². The van der Waals surface area contributed by atoms with Crippen LogP contribution < -0.4 is 10.6 Å². The Kier molecular flexibility index (Phi) is 3.63. The highest BCUT2D eigenvalue weighted by Gasteiger charge is 2.06. The maximum absolute atomic E-state index is 13.3. The van der Waals surface area contributed by atoms with E-state index in [0.717, 1.165) is 22.4 Å². The molecule has 2 aromatic carbocycles. The van der Waals surface area contributed by atoms with Crippen LogP contribution in [-0.4, -0.2) is 14.1 Å². The number of benzene rings is 2. The van der Waals surface area contributed by atoms with E-state index in [4.69, 9.17) is 5.73 Å². The van der Waals surface area contributed by atoms with E-state index in [-0.39, 0.29) is 5.82 Å². The number of rotatable bonds is 3. The van der Waals surface area contributed by atoms with Gasteiger partial charge in [0.2, 0.25) is 0 Å². The number of nitrogens with two attached hydrogens (primary N) is 1. The molecule has 94 valence electrons. The van der Waals surface area contributed by atoms with Crippen LogP contribution in [0.5, 0.6) is 0 Å². The van der Waals surface area contributed by atoms with E-state index in [2.05, 4.69) is 0 Å². The lowest BCUT2D eigenvalue weighted by molar-refractivity contribution is 0.627. The number of nitrogens with zero attached hydrogens (tertiary/aromatic N) is 1. The Morgan fingerprint density at radius 1 is 1.06 bits per heavy atom. The maximum Gasteiger partial charge on any atom is 0.123 e. The van der Waals surface area contributed by atoms with Crippen molar-refractivity contribution in [2.75, 3.05) is 19.0 Å². The van der Waals surface area contributed by atoms with Crippen LogP contribution >= 0.6 is 0 Å². The molecule has 2 nitrogen and oxygen atoms in total. The monoisotopic (exact) mass is 244 g/mol. The van der Waals surface area contributed by atoms with Gasteiger partial charge in [-0.2, -0.15) is 0 Å². The van der Waals surface area contributed by atoms with Crippen molar-refractivity contribution in [2.45, 2.75) is 6.54 Å². The standard InChI is InChI=1S/C15H17FN2/c1-18(2)14-7-4-11(5-8-14)15-9-13(16)6-3-12(15)10-17/h3-9H,10,17H2,1-2H3. The largest absolute Gasteiger partial charge is 0.378 e. The second kappa shape index (κ2) is 5.19. The molecule has 0 spiro atoms. The molecular weight excluding hydrogens is 227 g/mol. The van der Waals surface area contributed by atoms with Crippen molar-refractivity contribution in [3.63, 3.8) is 0 Å². The molecule has 3 heteroatoms. The quantitative estimate of drug-likeness (QED) is 0.899. The molecule has 0 saturated carbocycles. The molecule has 0 atom stereocenters. The molecule has 0 fully saturated rings. The third kappa shape index (κ3) is 2.51. The summed E-state index contributed by atoms with van der Waals surface area (Å²) in [5.41, 5.74) is 9.60. The summed E-state index contributed by atoms with van der Waals surface area (Å²) in [6.45, 7) is 0.408. The molecule has 0 aliphatic heterocycles. The molecule has 0 aromatic heterocycles. The molecule has 0 unspecified atom stereocenters. The van der Waals surface area contributed by atoms with Gasteiger partial charge >= 0.3 is 0 Å². The highest BCUT2D eigenvalue weighted by Crippen LogP contribution is 2.26. The minimum atomic E-state index is -0.237. The van der Waals surface area contributed by atoms with Crippen LogP contribution in [0, 0.1) is 5.82 Å². The predicted octanol–water partition coefficient (Wildman–Crippen LogP) is 3.02. The minimum absolute atomic E-state index is 0.237. The summed E-state index contributed by atoms with van der Waals surface area (Å²) in [6.07, 6.45) is 0. The van der Waals surface area contributed by atoms with Crippen LogP contribution in [-0.2, 0) is 6.54 Å². The smallest absolute Gasteiger partial charge is 0.123 e. The molecule has 0 radical (unpaired) electrons. The zero-order chi connectivity index (χ0) is 13.1. The summed E-state index contributed by atoms with van der Waals surface area (Å²) in [5.74, 6) is -0.237. The fraction of sp³-hybridized carbons (Fsp3) is 0.200. The zero-order valence-electron chi connectivity index (χ0n) is 10.7. The van der Waals surface area contributed by atoms with Gasteiger partial charge in [-0.15, -0.1) is 0 Å². The Balaban J connectivity index is 2.44. The molecule has 0 heterocycles. The Hall–Kier alpha value is -1.87. The van der Waals surface area contributed by atoms with E-state index in [1.54, 1.807) is 6.07 Å². The molecule has 0 saturated heterocycles. The highest BCUT2D eigenvalue weighted by atomic mass is 19.1. The van der Waals surface area contributed by atoms with Gasteiger partial charge in [0, 0.05) is 26.3 Å². The highest BCUT2D eigenvalue weighted by molar-refractivity contribution is 5.69. The van der Waals surface area contributed by atoms with Gasteiger partial charge in [0.1, 0.15) is 5.82 Å². The van der Waals surface area contributed by atoms with E-state index in [1.807, 2.05) is 43.3 Å². The van der Waals surface area contributed by atoms with Gasteiger partial charge in [-0.05, 0) is 41.0 Å². The molecular formula is C15H17FN2. The average molecular weight is 244 g/mol. The molecule has 18 heavy (non-hydrogen) atoms. The van der Waals surface area contributed by atoms with Crippen LogP contribution in [0.3, 0.4) is 0 Å². The third-order valence-corrected chi connectivity index (χ3v) is 2.99. The SMILES string of the molecule is CN(C)c1ccc(-c2cc(F)ccc2CN)cc1. The number of hydrogen-bond acceptors (Lipinski definition) is 2. The van der Waals surface area contributed by atoms with Gasteiger partial charge in [-0.25, -0.2) is 4.39 Å². The van der Waals surface area contributed by atoms with Crippen LogP contribution in [0.25, 0.3) is 11.1 Å². The molecule has 0 bridgehead atoms. The Morgan fingerprint density at radius 3 is 2.28 bits per heavy atom. The first-order valence-corrected chi connectivity index (χ1v) is 5.88. The van der Waals surface area contributed by atoms with Crippen molar-refractivity contribution in [1.29, 1.82) is 0 Å². The third-order valence-electron chi connectivity index (χ3n) is 2.99. The van der Waals surface area contributed by atoms with E-state index in [9.17, 15) is 4.39 Å². The van der Waals surface area contributed by atoms with Crippen LogP contribution in [0.1, 0.15) is 5.56 Å². The van der Waals surface area contributed by atoms with Crippen molar-refractivity contribution in [3.05, 3.63) is 53.8 Å². The topological polar surface area (TPSA) is 29.3 Å². The summed E-state index contributed by atoms with van der Waals surface area (Å²) in [6, 6.07) is 12.7. The van der Waals surface area contributed by atoms with E-state index < -0.39 is 0 Å². The maximum atomic E-state index is 13.3. The first-order chi connectivity index (χ1) is 8.61. The second-order valence-electron chi connectivity index (χ2n) is 4.45. The van der Waals surface area contributed by atoms with Gasteiger partial charge < -0.3 is 10.6 Å². The van der Waals surface area contributed by atoms with Crippen molar-refractivity contribution < 1.29 is 4.39 Å². The molecule has 0 amide bonds. The lowest BCUT2D eigenvalue weighted by atomic mass is 9.99. The van der Waals surface area contributed by atoms with Crippen molar-refractivity contribution >= 4 is 5.69 Å². The van der Waals surface area contributed by atoms with Gasteiger partial charge in [0.15, 0.2) is 0 Å². The second-order valence-corrected chi connectivity index (χ2v) is 4.45. The molecule has 2 aromatic rings. The first-order valence-electron chi connectivity index (χ1n) is 5.88. The lowest BCUT2D eigenvalue weighted by Gasteiger charge is -2.14. The zero-order valence-corrected chi connectivity index (χ0v) is 10.7. The Labute approximate surface area is 107 Å². The number of hydrogen-bond donors (Lipinski definition) is 1. The van der Waals surface area contributed by atoms with Crippen LogP contribution in [0.4, 0.5) is 10.1 Å². The fourth-order valence-corrected chi connectivity index (χ4v) is 1.93. The van der Waals surface area contributed by atoms with Gasteiger partial charge in [-0.3, -0.25) is 0 Å². The van der Waals surface area contributed by atoms with Crippen LogP contribution in [0.15, 0.2) is 42.5 Å². The van der Waals surface area contributed by atoms with Gasteiger partial charge in [0.05, 0.1) is 0 Å². The predicted molar refractivity (Wildman–Crippen MR) is 74.1 cm³/mol. The lowest BCUT2D eigenvalue weighted by Crippen LogP contribution is -2.08. The van der Waals surface area contributed by atoms with Gasteiger partial charge in [-0.1, -0.05) is 18.2 Å². The summed E-state index contributed by atoms with van der Waals surface area (Å²) >= 11 is 0. The summed E-state index contributed by atoms with van der Waals surface area (Å²) in [4.78, 5) is 2.03. The summed E-state index contributed by atoms with van der Waals surface area (Å²) < 4.78 is 13.3. The van der Waals surface area contributed by atoms with E-state index >= 15 is 0 Å². The van der Waals surface area contributed by atoms with Crippen molar-refractivity contribution in [1.82, 2.24) is 0 Å². The summed E-state index contributed by atoms with van der Waals surface area (Å²) in [7, 11) is 3.98. The Bertz CT molecular complexity index is 533. The Morgan fingerprint density at radius 2 is 1.72 bits per heavy atom. The average Bonchev–Trinajstić information content (AvgIpc) is 2.39. The molecule has 2 N–H and O–H groups in total. The number of halogens is 1. The van der Waals surface area contributed by atoms with E-state index in [1.165, 1.54) is 12.1 Å². The minimum Gasteiger partial charge on any atom is -0.378 e. The van der Waals surface area contributed by atoms with Crippen molar-refractivity contribution in [3.8, 4) is 11.1 Å². The summed E-state index contributed by atoms with van der Waals surface area (Å²) in [5, 5.41) is 0. The molecule has 0 aliphatic rings. The number of anilines is 1. The van der Waals surface area contributed by atoms with Crippen molar-refractivity contribution in [2.24, 2.45) is 5.73 Å².